The number of aliphatic imine (C=N–C) groups is 1. The molecule has 0 saturated carbocycles. The fourth-order valence-corrected chi connectivity index (χ4v) is 2.78. The van der Waals surface area contributed by atoms with Crippen LogP contribution in [0.2, 0.25) is 0 Å². The predicted octanol–water partition coefficient (Wildman–Crippen LogP) is 2.80. The highest BCUT2D eigenvalue weighted by Gasteiger charge is 2.11. The lowest BCUT2D eigenvalue weighted by Gasteiger charge is -2.19. The number of methoxy groups -OCH3 is 3. The Morgan fingerprint density at radius 1 is 0.963 bits per heavy atom. The first-order valence-electron chi connectivity index (χ1n) is 8.95. The van der Waals surface area contributed by atoms with Crippen LogP contribution in [-0.4, -0.2) is 47.4 Å². The first-order valence-corrected chi connectivity index (χ1v) is 8.95. The maximum atomic E-state index is 5.58. The topological polar surface area (TPSA) is 64.1 Å². The molecule has 0 spiro atoms. The van der Waals surface area contributed by atoms with Gasteiger partial charge in [-0.05, 0) is 29.7 Å². The minimum absolute atomic E-state index is 0.0319. The number of ether oxygens (including phenoxy) is 3. The lowest BCUT2D eigenvalue weighted by Crippen LogP contribution is -2.40. The van der Waals surface area contributed by atoms with Crippen molar-refractivity contribution in [3.05, 3.63) is 59.7 Å². The van der Waals surface area contributed by atoms with Gasteiger partial charge in [-0.1, -0.05) is 36.4 Å². The van der Waals surface area contributed by atoms with Crippen LogP contribution in [0.25, 0.3) is 0 Å². The van der Waals surface area contributed by atoms with Gasteiger partial charge in [-0.25, -0.2) is 0 Å². The summed E-state index contributed by atoms with van der Waals surface area (Å²) in [5.74, 6) is 2.22. The van der Waals surface area contributed by atoms with Crippen molar-refractivity contribution in [1.29, 1.82) is 0 Å². The summed E-state index contributed by atoms with van der Waals surface area (Å²) >= 11 is 0. The third kappa shape index (κ3) is 6.18. The average Bonchev–Trinajstić information content (AvgIpc) is 2.73. The van der Waals surface area contributed by atoms with Crippen molar-refractivity contribution in [2.45, 2.75) is 12.5 Å². The molecule has 0 aliphatic rings. The number of guanidine groups is 1. The van der Waals surface area contributed by atoms with Gasteiger partial charge in [0.15, 0.2) is 17.5 Å². The molecule has 2 aromatic carbocycles. The fourth-order valence-electron chi connectivity index (χ4n) is 2.78. The Labute approximate surface area is 161 Å². The van der Waals surface area contributed by atoms with E-state index in [1.807, 2.05) is 36.4 Å². The highest BCUT2D eigenvalue weighted by molar-refractivity contribution is 5.79. The molecule has 27 heavy (non-hydrogen) atoms. The van der Waals surface area contributed by atoms with Crippen molar-refractivity contribution >= 4 is 5.96 Å². The van der Waals surface area contributed by atoms with Gasteiger partial charge < -0.3 is 24.8 Å². The molecular weight excluding hydrogens is 342 g/mol. The fraction of sp³-hybridized carbons (Fsp3) is 0.381. The second kappa shape index (κ2) is 11.1. The molecule has 1 unspecified atom stereocenters. The average molecular weight is 371 g/mol. The number of hydrogen-bond donors (Lipinski definition) is 2. The first-order chi connectivity index (χ1) is 13.2. The summed E-state index contributed by atoms with van der Waals surface area (Å²) in [5, 5.41) is 6.64. The Balaban J connectivity index is 1.83. The molecule has 0 heterocycles. The molecule has 0 bridgehead atoms. The van der Waals surface area contributed by atoms with Gasteiger partial charge in [0.25, 0.3) is 0 Å². The van der Waals surface area contributed by atoms with E-state index >= 15 is 0 Å². The van der Waals surface area contributed by atoms with E-state index in [0.717, 1.165) is 41.6 Å². The standard InChI is InChI=1S/C21H29N3O3/c1-22-21(24-15-20(27-4)17-8-6-5-7-9-17)23-13-12-16-10-11-18(25-2)19(14-16)26-3/h5-11,14,20H,12-13,15H2,1-4H3,(H2,22,23,24). The largest absolute Gasteiger partial charge is 0.493 e. The summed E-state index contributed by atoms with van der Waals surface area (Å²) in [6.07, 6.45) is 0.809. The Morgan fingerprint density at radius 3 is 2.33 bits per heavy atom. The van der Waals surface area contributed by atoms with Gasteiger partial charge in [0, 0.05) is 27.2 Å². The van der Waals surface area contributed by atoms with Crippen LogP contribution < -0.4 is 20.1 Å². The molecule has 6 nitrogen and oxygen atoms in total. The summed E-state index contributed by atoms with van der Waals surface area (Å²) in [4.78, 5) is 4.27. The maximum absolute atomic E-state index is 5.58. The van der Waals surface area contributed by atoms with Gasteiger partial charge in [-0.15, -0.1) is 0 Å². The zero-order valence-corrected chi connectivity index (χ0v) is 16.5. The summed E-state index contributed by atoms with van der Waals surface area (Å²) in [6, 6.07) is 16.1. The molecule has 0 aromatic heterocycles. The van der Waals surface area contributed by atoms with Gasteiger partial charge in [0.2, 0.25) is 0 Å². The predicted molar refractivity (Wildman–Crippen MR) is 109 cm³/mol. The summed E-state index contributed by atoms with van der Waals surface area (Å²) in [5.41, 5.74) is 2.29. The van der Waals surface area contributed by atoms with Gasteiger partial charge in [0.1, 0.15) is 0 Å². The number of benzene rings is 2. The van der Waals surface area contributed by atoms with Crippen LogP contribution in [-0.2, 0) is 11.2 Å². The Morgan fingerprint density at radius 2 is 1.70 bits per heavy atom. The van der Waals surface area contributed by atoms with Crippen LogP contribution in [0, 0.1) is 0 Å². The molecule has 0 aliphatic heterocycles. The molecule has 0 amide bonds. The van der Waals surface area contributed by atoms with Crippen molar-refractivity contribution in [2.75, 3.05) is 41.5 Å². The van der Waals surface area contributed by atoms with E-state index in [9.17, 15) is 0 Å². The molecule has 2 N–H and O–H groups in total. The smallest absolute Gasteiger partial charge is 0.191 e. The van der Waals surface area contributed by atoms with E-state index in [2.05, 4.69) is 27.8 Å². The number of hydrogen-bond acceptors (Lipinski definition) is 4. The Hall–Kier alpha value is -2.73. The molecular formula is C21H29N3O3. The van der Waals surface area contributed by atoms with Crippen molar-refractivity contribution in [2.24, 2.45) is 4.99 Å². The van der Waals surface area contributed by atoms with E-state index in [1.165, 1.54) is 0 Å². The van der Waals surface area contributed by atoms with E-state index in [-0.39, 0.29) is 6.10 Å². The van der Waals surface area contributed by atoms with Gasteiger partial charge in [-0.2, -0.15) is 0 Å². The molecule has 0 aliphatic carbocycles. The van der Waals surface area contributed by atoms with Gasteiger partial charge in [-0.3, -0.25) is 4.99 Å². The third-order valence-corrected chi connectivity index (χ3v) is 4.29. The quantitative estimate of drug-likeness (QED) is 0.524. The summed E-state index contributed by atoms with van der Waals surface area (Å²) in [6.45, 7) is 1.38. The van der Waals surface area contributed by atoms with Crippen LogP contribution in [0.5, 0.6) is 11.5 Å². The van der Waals surface area contributed by atoms with E-state index in [1.54, 1.807) is 28.4 Å². The van der Waals surface area contributed by atoms with E-state index in [4.69, 9.17) is 14.2 Å². The second-order valence-electron chi connectivity index (χ2n) is 5.95. The molecule has 1 atom stereocenters. The normalized spacial score (nSPS) is 12.4. The van der Waals surface area contributed by atoms with Crippen LogP contribution in [0.4, 0.5) is 0 Å². The molecule has 0 fully saturated rings. The lowest BCUT2D eigenvalue weighted by atomic mass is 10.1. The molecule has 2 aromatic rings. The van der Waals surface area contributed by atoms with Gasteiger partial charge >= 0.3 is 0 Å². The number of rotatable bonds is 9. The van der Waals surface area contributed by atoms with Crippen LogP contribution in [0.3, 0.4) is 0 Å². The molecule has 146 valence electrons. The minimum atomic E-state index is -0.0319. The number of nitrogens with one attached hydrogen (secondary N) is 2. The summed E-state index contributed by atoms with van der Waals surface area (Å²) < 4.78 is 16.2. The third-order valence-electron chi connectivity index (χ3n) is 4.29. The number of nitrogens with zero attached hydrogens (tertiary/aromatic N) is 1. The summed E-state index contributed by atoms with van der Waals surface area (Å²) in [7, 11) is 6.75. The first kappa shape index (κ1) is 20.6. The van der Waals surface area contributed by atoms with Crippen LogP contribution in [0.15, 0.2) is 53.5 Å². The Bertz CT molecular complexity index is 720. The minimum Gasteiger partial charge on any atom is -0.493 e. The lowest BCUT2D eigenvalue weighted by molar-refractivity contribution is 0.106. The molecule has 0 saturated heterocycles. The van der Waals surface area contributed by atoms with Crippen molar-refractivity contribution < 1.29 is 14.2 Å². The zero-order valence-electron chi connectivity index (χ0n) is 16.5. The van der Waals surface area contributed by atoms with Gasteiger partial charge in [0.05, 0.1) is 20.3 Å². The monoisotopic (exact) mass is 371 g/mol. The van der Waals surface area contributed by atoms with Crippen LogP contribution in [0.1, 0.15) is 17.2 Å². The molecule has 6 heteroatoms. The maximum Gasteiger partial charge on any atom is 0.191 e. The van der Waals surface area contributed by atoms with Crippen molar-refractivity contribution in [3.63, 3.8) is 0 Å². The highest BCUT2D eigenvalue weighted by Crippen LogP contribution is 2.27. The Kier molecular flexibility index (Phi) is 8.45. The van der Waals surface area contributed by atoms with E-state index in [0.29, 0.717) is 6.54 Å². The van der Waals surface area contributed by atoms with E-state index < -0.39 is 0 Å². The second-order valence-corrected chi connectivity index (χ2v) is 5.95. The SMILES string of the molecule is CN=C(NCCc1ccc(OC)c(OC)c1)NCC(OC)c1ccccc1. The molecule has 0 radical (unpaired) electrons. The van der Waals surface area contributed by atoms with Crippen molar-refractivity contribution in [3.8, 4) is 11.5 Å². The molecule has 2 rings (SSSR count). The zero-order chi connectivity index (χ0) is 19.5. The highest BCUT2D eigenvalue weighted by atomic mass is 16.5. The van der Waals surface area contributed by atoms with Crippen molar-refractivity contribution in [1.82, 2.24) is 10.6 Å². The van der Waals surface area contributed by atoms with Crippen LogP contribution >= 0.6 is 0 Å².